The monoisotopic (exact) mass is 283 g/mol. The van der Waals surface area contributed by atoms with Gasteiger partial charge in [0.2, 0.25) is 0 Å². The highest BCUT2D eigenvalue weighted by Gasteiger charge is 2.14. The summed E-state index contributed by atoms with van der Waals surface area (Å²) in [6.07, 6.45) is 6.05. The first-order valence-electron chi connectivity index (χ1n) is 7.08. The SMILES string of the molecule is CC=C(C)/C=C(/Cl)N=C(CC)N1CCCN(C)CC1. The molecule has 0 unspecified atom stereocenters. The van der Waals surface area contributed by atoms with E-state index in [1.807, 2.05) is 26.0 Å². The van der Waals surface area contributed by atoms with Crippen molar-refractivity contribution >= 4 is 17.4 Å². The second-order valence-electron chi connectivity index (χ2n) is 5.03. The molecule has 1 aliphatic rings. The zero-order valence-electron chi connectivity index (χ0n) is 12.6. The van der Waals surface area contributed by atoms with Gasteiger partial charge in [-0.05, 0) is 39.9 Å². The third kappa shape index (κ3) is 5.79. The number of hydrogen-bond acceptors (Lipinski definition) is 2. The van der Waals surface area contributed by atoms with Gasteiger partial charge in [0.25, 0.3) is 0 Å². The fourth-order valence-corrected chi connectivity index (χ4v) is 2.37. The topological polar surface area (TPSA) is 18.8 Å². The summed E-state index contributed by atoms with van der Waals surface area (Å²) in [5.41, 5.74) is 1.14. The van der Waals surface area contributed by atoms with Gasteiger partial charge in [0, 0.05) is 26.1 Å². The molecule has 0 bridgehead atoms. The van der Waals surface area contributed by atoms with Crippen molar-refractivity contribution in [2.45, 2.75) is 33.6 Å². The van der Waals surface area contributed by atoms with E-state index in [1.54, 1.807) is 0 Å². The molecule has 0 N–H and O–H groups in total. The molecule has 0 spiro atoms. The molecule has 0 atom stereocenters. The molecule has 4 heteroatoms. The zero-order chi connectivity index (χ0) is 14.3. The third-order valence-electron chi connectivity index (χ3n) is 3.44. The second kappa shape index (κ2) is 8.39. The summed E-state index contributed by atoms with van der Waals surface area (Å²) in [6.45, 7) is 10.5. The first-order valence-corrected chi connectivity index (χ1v) is 7.45. The molecular formula is C15H26ClN3. The standard InChI is InChI=1S/C15H26ClN3/c1-5-13(3)12-14(16)17-15(6-2)19-9-7-8-18(4)10-11-19/h5,12H,6-11H2,1-4H3/b13-5?,14-12-,17-15?. The Labute approximate surface area is 122 Å². The Hall–Kier alpha value is -0.800. The minimum Gasteiger partial charge on any atom is -0.359 e. The first kappa shape index (κ1) is 16.3. The van der Waals surface area contributed by atoms with Gasteiger partial charge in [0.05, 0.1) is 0 Å². The molecule has 1 rings (SSSR count). The molecular weight excluding hydrogens is 258 g/mol. The number of amidine groups is 1. The van der Waals surface area contributed by atoms with E-state index in [0.29, 0.717) is 5.16 Å². The highest BCUT2D eigenvalue weighted by Crippen LogP contribution is 2.12. The molecule has 0 aliphatic carbocycles. The van der Waals surface area contributed by atoms with Gasteiger partial charge >= 0.3 is 0 Å². The summed E-state index contributed by atoms with van der Waals surface area (Å²) in [6, 6.07) is 0. The molecule has 0 saturated carbocycles. The van der Waals surface area contributed by atoms with E-state index >= 15 is 0 Å². The van der Waals surface area contributed by atoms with Crippen LogP contribution in [0.25, 0.3) is 0 Å². The van der Waals surface area contributed by atoms with E-state index in [4.69, 9.17) is 11.6 Å². The van der Waals surface area contributed by atoms with Crippen LogP contribution in [0.4, 0.5) is 0 Å². The van der Waals surface area contributed by atoms with Crippen LogP contribution in [0.1, 0.15) is 33.6 Å². The molecule has 3 nitrogen and oxygen atoms in total. The molecule has 0 radical (unpaired) electrons. The van der Waals surface area contributed by atoms with Crippen LogP contribution >= 0.6 is 11.6 Å². The zero-order valence-corrected chi connectivity index (χ0v) is 13.4. The van der Waals surface area contributed by atoms with E-state index in [-0.39, 0.29) is 0 Å². The minimum absolute atomic E-state index is 0.574. The lowest BCUT2D eigenvalue weighted by Crippen LogP contribution is -2.34. The molecule has 108 valence electrons. The highest BCUT2D eigenvalue weighted by atomic mass is 35.5. The van der Waals surface area contributed by atoms with Gasteiger partial charge in [-0.3, -0.25) is 0 Å². The summed E-state index contributed by atoms with van der Waals surface area (Å²) in [7, 11) is 2.18. The van der Waals surface area contributed by atoms with Gasteiger partial charge in [0.1, 0.15) is 11.0 Å². The number of rotatable bonds is 3. The normalized spacial score (nSPS) is 20.7. The van der Waals surface area contributed by atoms with Crippen LogP contribution in [0.2, 0.25) is 0 Å². The number of allylic oxidation sites excluding steroid dienone is 3. The minimum atomic E-state index is 0.574. The van der Waals surface area contributed by atoms with Gasteiger partial charge in [-0.2, -0.15) is 0 Å². The fraction of sp³-hybridized carbons (Fsp3) is 0.667. The van der Waals surface area contributed by atoms with Crippen LogP contribution in [0.5, 0.6) is 0 Å². The fourth-order valence-electron chi connectivity index (χ4n) is 2.10. The third-order valence-corrected chi connectivity index (χ3v) is 3.63. The summed E-state index contributed by atoms with van der Waals surface area (Å²) < 4.78 is 0. The highest BCUT2D eigenvalue weighted by molar-refractivity contribution is 6.30. The second-order valence-corrected chi connectivity index (χ2v) is 5.41. The number of aliphatic imine (C=N–C) groups is 1. The van der Waals surface area contributed by atoms with Crippen molar-refractivity contribution in [3.63, 3.8) is 0 Å². The predicted molar refractivity (Wildman–Crippen MR) is 84.8 cm³/mol. The molecule has 0 aromatic heterocycles. The van der Waals surface area contributed by atoms with Crippen LogP contribution in [0, 0.1) is 0 Å². The van der Waals surface area contributed by atoms with Crippen molar-refractivity contribution in [1.29, 1.82) is 0 Å². The predicted octanol–water partition coefficient (Wildman–Crippen LogP) is 3.48. The molecule has 0 aromatic carbocycles. The van der Waals surface area contributed by atoms with Crippen LogP contribution in [-0.4, -0.2) is 48.9 Å². The van der Waals surface area contributed by atoms with E-state index in [9.17, 15) is 0 Å². The molecule has 1 aliphatic heterocycles. The molecule has 1 saturated heterocycles. The average molecular weight is 284 g/mol. The van der Waals surface area contributed by atoms with Gasteiger partial charge in [-0.25, -0.2) is 4.99 Å². The number of nitrogens with zero attached hydrogens (tertiary/aromatic N) is 3. The van der Waals surface area contributed by atoms with E-state index in [1.165, 1.54) is 6.42 Å². The van der Waals surface area contributed by atoms with Crippen molar-refractivity contribution in [1.82, 2.24) is 9.80 Å². The molecule has 0 aromatic rings. The van der Waals surface area contributed by atoms with Gasteiger partial charge in [-0.15, -0.1) is 0 Å². The van der Waals surface area contributed by atoms with Crippen LogP contribution in [0.3, 0.4) is 0 Å². The van der Waals surface area contributed by atoms with E-state index in [2.05, 4.69) is 28.8 Å². The summed E-state index contributed by atoms with van der Waals surface area (Å²) in [5, 5.41) is 0.574. The maximum atomic E-state index is 6.21. The van der Waals surface area contributed by atoms with E-state index < -0.39 is 0 Å². The maximum Gasteiger partial charge on any atom is 0.131 e. The molecule has 19 heavy (non-hydrogen) atoms. The van der Waals surface area contributed by atoms with Crippen molar-refractivity contribution in [2.24, 2.45) is 4.99 Å². The van der Waals surface area contributed by atoms with Gasteiger partial charge in [0.15, 0.2) is 0 Å². The average Bonchev–Trinajstić information content (AvgIpc) is 2.60. The smallest absolute Gasteiger partial charge is 0.131 e. The Bertz CT molecular complexity index is 372. The Morgan fingerprint density at radius 2 is 2.00 bits per heavy atom. The number of likely N-dealkylation sites (N-methyl/N-ethyl adjacent to an activating group) is 1. The van der Waals surface area contributed by atoms with Crippen molar-refractivity contribution in [3.8, 4) is 0 Å². The van der Waals surface area contributed by atoms with Crippen LogP contribution in [-0.2, 0) is 0 Å². The van der Waals surface area contributed by atoms with Crippen molar-refractivity contribution in [2.75, 3.05) is 33.2 Å². The Balaban J connectivity index is 2.78. The van der Waals surface area contributed by atoms with E-state index in [0.717, 1.165) is 44.0 Å². The van der Waals surface area contributed by atoms with Crippen molar-refractivity contribution in [3.05, 3.63) is 22.9 Å². The molecule has 0 amide bonds. The Morgan fingerprint density at radius 3 is 2.63 bits per heavy atom. The summed E-state index contributed by atoms with van der Waals surface area (Å²) >= 11 is 6.21. The lowest BCUT2D eigenvalue weighted by Gasteiger charge is -2.23. The first-order chi connectivity index (χ1) is 9.06. The Morgan fingerprint density at radius 1 is 1.26 bits per heavy atom. The molecule has 1 fully saturated rings. The molecule has 1 heterocycles. The lowest BCUT2D eigenvalue weighted by atomic mass is 10.3. The van der Waals surface area contributed by atoms with Crippen molar-refractivity contribution < 1.29 is 0 Å². The largest absolute Gasteiger partial charge is 0.359 e. The van der Waals surface area contributed by atoms with Gasteiger partial charge < -0.3 is 9.80 Å². The maximum absolute atomic E-state index is 6.21. The van der Waals surface area contributed by atoms with Gasteiger partial charge in [-0.1, -0.05) is 30.2 Å². The summed E-state index contributed by atoms with van der Waals surface area (Å²) in [4.78, 5) is 9.32. The number of halogens is 1. The Kier molecular flexibility index (Phi) is 7.17. The summed E-state index contributed by atoms with van der Waals surface area (Å²) in [5.74, 6) is 1.10. The van der Waals surface area contributed by atoms with Crippen LogP contribution < -0.4 is 0 Å². The number of hydrogen-bond donors (Lipinski definition) is 0. The quantitative estimate of drug-likeness (QED) is 0.342. The van der Waals surface area contributed by atoms with Crippen LogP contribution in [0.15, 0.2) is 27.9 Å². The lowest BCUT2D eigenvalue weighted by molar-refractivity contribution is 0.345.